The van der Waals surface area contributed by atoms with Crippen LogP contribution >= 0.6 is 24.0 Å². The van der Waals surface area contributed by atoms with Crippen molar-refractivity contribution >= 4 is 24.0 Å². The molecule has 0 atom stereocenters. The molecule has 12 heavy (non-hydrogen) atoms. The lowest BCUT2D eigenvalue weighted by molar-refractivity contribution is 0.966. The molecule has 1 saturated carbocycles. The molecule has 2 rings (SSSR count). The highest BCUT2D eigenvalue weighted by Gasteiger charge is 2.25. The van der Waals surface area contributed by atoms with Crippen molar-refractivity contribution in [1.82, 2.24) is 9.97 Å². The highest BCUT2D eigenvalue weighted by molar-refractivity contribution is 6.28. The van der Waals surface area contributed by atoms with Gasteiger partial charge in [-0.2, -0.15) is 0 Å². The van der Waals surface area contributed by atoms with Crippen molar-refractivity contribution < 1.29 is 0 Å². The zero-order valence-electron chi connectivity index (χ0n) is 6.75. The molecule has 1 heterocycles. The molecule has 2 nitrogen and oxygen atoms in total. The van der Waals surface area contributed by atoms with E-state index in [0.29, 0.717) is 11.2 Å². The summed E-state index contributed by atoms with van der Waals surface area (Å²) in [5, 5.41) is 0.381. The summed E-state index contributed by atoms with van der Waals surface area (Å²) >= 11 is 5.70. The van der Waals surface area contributed by atoms with Crippen LogP contribution in [0.3, 0.4) is 0 Å². The third kappa shape index (κ3) is 2.08. The summed E-state index contributed by atoms with van der Waals surface area (Å²) in [4.78, 5) is 8.15. The van der Waals surface area contributed by atoms with E-state index in [2.05, 4.69) is 9.97 Å². The van der Waals surface area contributed by atoms with Gasteiger partial charge in [0.1, 0.15) is 0 Å². The second-order valence-electron chi connectivity index (χ2n) is 2.98. The van der Waals surface area contributed by atoms with E-state index in [-0.39, 0.29) is 12.4 Å². The molecule has 0 amide bonds. The lowest BCUT2D eigenvalue weighted by atomic mass is 10.2. The Hall–Kier alpha value is -0.340. The van der Waals surface area contributed by atoms with Crippen LogP contribution in [0.25, 0.3) is 0 Å². The summed E-state index contributed by atoms with van der Waals surface area (Å²) in [7, 11) is 0. The lowest BCUT2D eigenvalue weighted by Gasteiger charge is -1.98. The van der Waals surface area contributed by atoms with Crippen LogP contribution in [-0.2, 0) is 0 Å². The number of hydrogen-bond donors (Lipinski definition) is 0. The first-order chi connectivity index (χ1) is 5.25. The van der Waals surface area contributed by atoms with E-state index in [9.17, 15) is 0 Å². The number of rotatable bonds is 1. The van der Waals surface area contributed by atoms with Gasteiger partial charge in [-0.05, 0) is 37.4 Å². The summed E-state index contributed by atoms with van der Waals surface area (Å²) in [6.07, 6.45) is 2.51. The third-order valence-electron chi connectivity index (χ3n) is 1.84. The van der Waals surface area contributed by atoms with Crippen molar-refractivity contribution in [2.45, 2.75) is 25.7 Å². The van der Waals surface area contributed by atoms with Gasteiger partial charge >= 0.3 is 0 Å². The number of hydrogen-bond acceptors (Lipinski definition) is 2. The zero-order valence-corrected chi connectivity index (χ0v) is 8.32. The monoisotopic (exact) mass is 204 g/mol. The van der Waals surface area contributed by atoms with Crippen LogP contribution in [0, 0.1) is 6.92 Å². The molecule has 0 N–H and O–H groups in total. The average Bonchev–Trinajstić information content (AvgIpc) is 2.64. The minimum atomic E-state index is 0. The number of aryl methyl sites for hydroxylation is 1. The maximum atomic E-state index is 5.70. The minimum absolute atomic E-state index is 0. The quantitative estimate of drug-likeness (QED) is 0.658. The van der Waals surface area contributed by atoms with Gasteiger partial charge in [0.15, 0.2) is 0 Å². The second kappa shape index (κ2) is 3.58. The molecule has 4 heteroatoms. The fourth-order valence-corrected chi connectivity index (χ4v) is 1.37. The molecule has 1 aliphatic carbocycles. The van der Waals surface area contributed by atoms with E-state index < -0.39 is 0 Å². The summed E-state index contributed by atoms with van der Waals surface area (Å²) in [6.45, 7) is 1.94. The predicted octanol–water partition coefficient (Wildman–Crippen LogP) is 2.74. The Labute approximate surface area is 82.8 Å². The molecule has 66 valence electrons. The number of halogens is 2. The van der Waals surface area contributed by atoms with Gasteiger partial charge < -0.3 is 0 Å². The summed E-state index contributed by atoms with van der Waals surface area (Å²) < 4.78 is 0. The molecule has 0 aromatic carbocycles. The first kappa shape index (κ1) is 9.75. The normalized spacial score (nSPS) is 15.5. The molecule has 0 unspecified atom stereocenters. The van der Waals surface area contributed by atoms with Gasteiger partial charge in [0.05, 0.1) is 0 Å². The van der Waals surface area contributed by atoms with E-state index >= 15 is 0 Å². The molecular weight excluding hydrogens is 195 g/mol. The largest absolute Gasteiger partial charge is 0.223 e. The van der Waals surface area contributed by atoms with Gasteiger partial charge in [0.25, 0.3) is 0 Å². The molecule has 1 aromatic heterocycles. The van der Waals surface area contributed by atoms with E-state index in [1.807, 2.05) is 13.0 Å². The maximum absolute atomic E-state index is 5.70. The molecule has 1 fully saturated rings. The number of nitrogens with zero attached hydrogens (tertiary/aromatic N) is 2. The summed E-state index contributed by atoms with van der Waals surface area (Å²) in [5.74, 6) is 0.661. The fourth-order valence-electron chi connectivity index (χ4n) is 1.14. The Kier molecular flexibility index (Phi) is 2.91. The second-order valence-corrected chi connectivity index (χ2v) is 3.32. The van der Waals surface area contributed by atoms with Crippen molar-refractivity contribution in [3.05, 3.63) is 22.7 Å². The lowest BCUT2D eigenvalue weighted by Crippen LogP contribution is -1.92. The van der Waals surface area contributed by atoms with E-state index in [0.717, 1.165) is 11.4 Å². The van der Waals surface area contributed by atoms with Crippen molar-refractivity contribution in [1.29, 1.82) is 0 Å². The Bertz CT molecular complexity index is 264. The van der Waals surface area contributed by atoms with Crippen LogP contribution in [0.1, 0.15) is 30.1 Å². The van der Waals surface area contributed by atoms with Crippen molar-refractivity contribution in [3.8, 4) is 0 Å². The summed E-state index contributed by atoms with van der Waals surface area (Å²) in [5.41, 5.74) is 2.08. The van der Waals surface area contributed by atoms with Gasteiger partial charge in [-0.1, -0.05) is 0 Å². The van der Waals surface area contributed by atoms with Crippen LogP contribution in [0.15, 0.2) is 6.07 Å². The standard InChI is InChI=1S/C8H9ClN2.ClH/c1-5-4-7(6-2-3-6)11-8(9)10-5;/h4,6H,2-3H2,1H3;1H. The highest BCUT2D eigenvalue weighted by atomic mass is 35.5. The Morgan fingerprint density at radius 1 is 1.42 bits per heavy atom. The van der Waals surface area contributed by atoms with E-state index in [1.165, 1.54) is 12.8 Å². The molecule has 0 radical (unpaired) electrons. The molecule has 0 spiro atoms. The first-order valence-electron chi connectivity index (χ1n) is 3.77. The average molecular weight is 205 g/mol. The fraction of sp³-hybridized carbons (Fsp3) is 0.500. The van der Waals surface area contributed by atoms with Gasteiger partial charge in [-0.25, -0.2) is 9.97 Å². The van der Waals surface area contributed by atoms with Crippen molar-refractivity contribution in [2.75, 3.05) is 0 Å². The first-order valence-corrected chi connectivity index (χ1v) is 4.14. The van der Waals surface area contributed by atoms with Gasteiger partial charge in [-0.3, -0.25) is 0 Å². The van der Waals surface area contributed by atoms with Gasteiger partial charge in [0.2, 0.25) is 5.28 Å². The summed E-state index contributed by atoms with van der Waals surface area (Å²) in [6, 6.07) is 2.02. The van der Waals surface area contributed by atoms with Crippen LogP contribution in [0.5, 0.6) is 0 Å². The number of aromatic nitrogens is 2. The van der Waals surface area contributed by atoms with Gasteiger partial charge in [0, 0.05) is 17.3 Å². The van der Waals surface area contributed by atoms with Crippen LogP contribution in [0.4, 0.5) is 0 Å². The van der Waals surface area contributed by atoms with E-state index in [1.54, 1.807) is 0 Å². The third-order valence-corrected chi connectivity index (χ3v) is 2.01. The Morgan fingerprint density at radius 3 is 2.58 bits per heavy atom. The molecule has 0 aliphatic heterocycles. The molecular formula is C8H10Cl2N2. The minimum Gasteiger partial charge on any atom is -0.223 e. The Morgan fingerprint density at radius 2 is 2.08 bits per heavy atom. The van der Waals surface area contributed by atoms with Crippen molar-refractivity contribution in [2.24, 2.45) is 0 Å². The zero-order chi connectivity index (χ0) is 7.84. The highest BCUT2D eigenvalue weighted by Crippen LogP contribution is 2.39. The van der Waals surface area contributed by atoms with Crippen molar-refractivity contribution in [3.63, 3.8) is 0 Å². The predicted molar refractivity (Wildman–Crippen MR) is 51.0 cm³/mol. The Balaban J connectivity index is 0.000000720. The van der Waals surface area contributed by atoms with Crippen LogP contribution in [0.2, 0.25) is 5.28 Å². The molecule has 0 saturated heterocycles. The maximum Gasteiger partial charge on any atom is 0.222 e. The molecule has 1 aliphatic rings. The SMILES string of the molecule is Cc1cc(C2CC2)nc(Cl)n1.Cl. The smallest absolute Gasteiger partial charge is 0.222 e. The molecule has 1 aromatic rings. The van der Waals surface area contributed by atoms with Crippen LogP contribution in [-0.4, -0.2) is 9.97 Å². The van der Waals surface area contributed by atoms with E-state index in [4.69, 9.17) is 11.6 Å². The van der Waals surface area contributed by atoms with Crippen LogP contribution < -0.4 is 0 Å². The molecule has 0 bridgehead atoms. The van der Waals surface area contributed by atoms with Gasteiger partial charge in [-0.15, -0.1) is 12.4 Å². The topological polar surface area (TPSA) is 25.8 Å².